The number of nitrogens with zero attached hydrogens (tertiary/aromatic N) is 3. The van der Waals surface area contributed by atoms with E-state index in [-0.39, 0.29) is 0 Å². The first-order valence-electron chi connectivity index (χ1n) is 4.70. The number of rotatable bonds is 1. The quantitative estimate of drug-likeness (QED) is 0.719. The predicted octanol–water partition coefficient (Wildman–Crippen LogP) is 2.43. The highest BCUT2D eigenvalue weighted by Crippen LogP contribution is 2.46. The van der Waals surface area contributed by atoms with Crippen LogP contribution in [0.1, 0.15) is 25.5 Å². The molecule has 3 nitrogen and oxygen atoms in total. The van der Waals surface area contributed by atoms with Crippen molar-refractivity contribution in [2.24, 2.45) is 0 Å². The second-order valence-corrected chi connectivity index (χ2v) is 4.53. The third kappa shape index (κ3) is 1.12. The van der Waals surface area contributed by atoms with Gasteiger partial charge in [-0.1, -0.05) is 18.5 Å². The van der Waals surface area contributed by atoms with Crippen LogP contribution in [-0.2, 0) is 5.41 Å². The number of fused-ring (bicyclic) bond motifs is 1. The Labute approximate surface area is 86.7 Å². The second kappa shape index (κ2) is 2.48. The van der Waals surface area contributed by atoms with E-state index >= 15 is 0 Å². The van der Waals surface area contributed by atoms with E-state index in [9.17, 15) is 0 Å². The Morgan fingerprint density at radius 3 is 2.93 bits per heavy atom. The van der Waals surface area contributed by atoms with Gasteiger partial charge in [0.1, 0.15) is 5.15 Å². The molecule has 4 heteroatoms. The van der Waals surface area contributed by atoms with Crippen LogP contribution < -0.4 is 0 Å². The summed E-state index contributed by atoms with van der Waals surface area (Å²) in [5.74, 6) is 0. The van der Waals surface area contributed by atoms with Crippen molar-refractivity contribution in [3.05, 3.63) is 29.2 Å². The molecule has 0 radical (unpaired) electrons. The maximum absolute atomic E-state index is 5.79. The van der Waals surface area contributed by atoms with E-state index in [1.807, 2.05) is 12.1 Å². The number of aromatic nitrogens is 3. The molecule has 2 aromatic rings. The first-order valence-corrected chi connectivity index (χ1v) is 5.08. The van der Waals surface area contributed by atoms with Crippen LogP contribution in [0, 0.1) is 0 Å². The van der Waals surface area contributed by atoms with Crippen molar-refractivity contribution in [2.75, 3.05) is 0 Å². The number of hydrogen-bond donors (Lipinski definition) is 0. The first-order chi connectivity index (χ1) is 6.67. The SMILES string of the molecule is CC1(c2ccc3nc(Cl)cn3n2)CC1. The highest BCUT2D eigenvalue weighted by atomic mass is 35.5. The molecule has 72 valence electrons. The van der Waals surface area contributed by atoms with Gasteiger partial charge >= 0.3 is 0 Å². The van der Waals surface area contributed by atoms with E-state index in [4.69, 9.17) is 11.6 Å². The fourth-order valence-corrected chi connectivity index (χ4v) is 1.80. The molecule has 0 aliphatic heterocycles. The average molecular weight is 208 g/mol. The largest absolute Gasteiger partial charge is 0.219 e. The summed E-state index contributed by atoms with van der Waals surface area (Å²) < 4.78 is 1.75. The summed E-state index contributed by atoms with van der Waals surface area (Å²) in [6.07, 6.45) is 4.20. The summed E-state index contributed by atoms with van der Waals surface area (Å²) in [5.41, 5.74) is 2.24. The van der Waals surface area contributed by atoms with E-state index in [2.05, 4.69) is 17.0 Å². The average Bonchev–Trinajstić information content (AvgIpc) is 2.79. The van der Waals surface area contributed by atoms with Crippen LogP contribution in [0.3, 0.4) is 0 Å². The van der Waals surface area contributed by atoms with E-state index < -0.39 is 0 Å². The zero-order valence-corrected chi connectivity index (χ0v) is 8.62. The van der Waals surface area contributed by atoms with Crippen molar-refractivity contribution >= 4 is 17.2 Å². The number of imidazole rings is 1. The lowest BCUT2D eigenvalue weighted by molar-refractivity contribution is 0.709. The molecule has 0 unspecified atom stereocenters. The van der Waals surface area contributed by atoms with Crippen molar-refractivity contribution in [1.82, 2.24) is 14.6 Å². The Morgan fingerprint density at radius 2 is 2.21 bits per heavy atom. The van der Waals surface area contributed by atoms with Gasteiger partial charge in [0.2, 0.25) is 0 Å². The zero-order valence-electron chi connectivity index (χ0n) is 7.87. The molecular weight excluding hydrogens is 198 g/mol. The molecule has 1 saturated carbocycles. The third-order valence-corrected chi connectivity index (χ3v) is 3.09. The molecule has 0 aromatic carbocycles. The Hall–Kier alpha value is -1.09. The minimum absolute atomic E-state index is 0.297. The van der Waals surface area contributed by atoms with Gasteiger partial charge in [0.05, 0.1) is 11.9 Å². The summed E-state index contributed by atoms with van der Waals surface area (Å²) in [6, 6.07) is 4.02. The molecule has 2 aromatic heterocycles. The lowest BCUT2D eigenvalue weighted by atomic mass is 10.1. The van der Waals surface area contributed by atoms with E-state index in [0.717, 1.165) is 11.3 Å². The van der Waals surface area contributed by atoms with Crippen LogP contribution in [0.25, 0.3) is 5.65 Å². The topological polar surface area (TPSA) is 30.2 Å². The van der Waals surface area contributed by atoms with Gasteiger partial charge in [-0.2, -0.15) is 5.10 Å². The standard InChI is InChI=1S/C10H10ClN3/c1-10(4-5-10)7-2-3-9-12-8(11)6-14(9)13-7/h2-3,6H,4-5H2,1H3. The van der Waals surface area contributed by atoms with Gasteiger partial charge in [-0.05, 0) is 25.0 Å². The van der Waals surface area contributed by atoms with Crippen LogP contribution in [-0.4, -0.2) is 14.6 Å². The van der Waals surface area contributed by atoms with Crippen LogP contribution >= 0.6 is 11.6 Å². The maximum atomic E-state index is 5.79. The molecule has 1 fully saturated rings. The molecule has 2 heterocycles. The molecule has 0 amide bonds. The van der Waals surface area contributed by atoms with Crippen molar-refractivity contribution in [3.63, 3.8) is 0 Å². The van der Waals surface area contributed by atoms with E-state index in [0.29, 0.717) is 10.6 Å². The summed E-state index contributed by atoms with van der Waals surface area (Å²) in [4.78, 5) is 4.12. The molecule has 14 heavy (non-hydrogen) atoms. The van der Waals surface area contributed by atoms with Gasteiger partial charge in [-0.25, -0.2) is 9.50 Å². The highest BCUT2D eigenvalue weighted by molar-refractivity contribution is 6.29. The fourth-order valence-electron chi connectivity index (χ4n) is 1.62. The van der Waals surface area contributed by atoms with Crippen molar-refractivity contribution in [1.29, 1.82) is 0 Å². The molecule has 0 spiro atoms. The van der Waals surface area contributed by atoms with Crippen molar-refractivity contribution in [2.45, 2.75) is 25.2 Å². The van der Waals surface area contributed by atoms with E-state index in [1.54, 1.807) is 10.7 Å². The molecule has 1 aliphatic rings. The van der Waals surface area contributed by atoms with Gasteiger partial charge in [0, 0.05) is 5.41 Å². The molecule has 3 rings (SSSR count). The van der Waals surface area contributed by atoms with E-state index in [1.165, 1.54) is 12.8 Å². The minimum Gasteiger partial charge on any atom is -0.219 e. The Morgan fingerprint density at radius 1 is 1.43 bits per heavy atom. The summed E-state index contributed by atoms with van der Waals surface area (Å²) >= 11 is 5.79. The zero-order chi connectivity index (χ0) is 9.76. The van der Waals surface area contributed by atoms with Crippen LogP contribution in [0.5, 0.6) is 0 Å². The number of halogens is 1. The smallest absolute Gasteiger partial charge is 0.155 e. The highest BCUT2D eigenvalue weighted by Gasteiger charge is 2.40. The van der Waals surface area contributed by atoms with Crippen molar-refractivity contribution < 1.29 is 0 Å². The lowest BCUT2D eigenvalue weighted by Crippen LogP contribution is -2.06. The molecule has 0 saturated heterocycles. The molecule has 1 aliphatic carbocycles. The van der Waals surface area contributed by atoms with Gasteiger partial charge < -0.3 is 0 Å². The lowest BCUT2D eigenvalue weighted by Gasteiger charge is -2.06. The first kappa shape index (κ1) is 8.24. The molecular formula is C10H10ClN3. The number of hydrogen-bond acceptors (Lipinski definition) is 2. The molecule has 0 N–H and O–H groups in total. The van der Waals surface area contributed by atoms with Crippen LogP contribution in [0.15, 0.2) is 18.3 Å². The maximum Gasteiger partial charge on any atom is 0.155 e. The Balaban J connectivity index is 2.19. The van der Waals surface area contributed by atoms with Crippen molar-refractivity contribution in [3.8, 4) is 0 Å². The normalized spacial score (nSPS) is 18.7. The fraction of sp³-hybridized carbons (Fsp3) is 0.400. The summed E-state index contributed by atoms with van der Waals surface area (Å²) in [6.45, 7) is 2.24. The van der Waals surface area contributed by atoms with Gasteiger partial charge in [-0.3, -0.25) is 0 Å². The van der Waals surface area contributed by atoms with Gasteiger partial charge in [-0.15, -0.1) is 0 Å². The van der Waals surface area contributed by atoms with Crippen LogP contribution in [0.2, 0.25) is 5.15 Å². The summed E-state index contributed by atoms with van der Waals surface area (Å²) in [7, 11) is 0. The minimum atomic E-state index is 0.297. The molecule has 0 atom stereocenters. The predicted molar refractivity (Wildman–Crippen MR) is 54.6 cm³/mol. The second-order valence-electron chi connectivity index (χ2n) is 4.15. The third-order valence-electron chi connectivity index (χ3n) is 2.91. The monoisotopic (exact) mass is 207 g/mol. The Bertz CT molecular complexity index is 499. The van der Waals surface area contributed by atoms with Gasteiger partial charge in [0.15, 0.2) is 5.65 Å². The molecule has 0 bridgehead atoms. The Kier molecular flexibility index (Phi) is 1.46. The van der Waals surface area contributed by atoms with Crippen LogP contribution in [0.4, 0.5) is 0 Å². The summed E-state index contributed by atoms with van der Waals surface area (Å²) in [5, 5.41) is 5.00. The van der Waals surface area contributed by atoms with Gasteiger partial charge in [0.25, 0.3) is 0 Å².